The Morgan fingerprint density at radius 2 is 1.90 bits per heavy atom. The molecule has 0 unspecified atom stereocenters. The van der Waals surface area contributed by atoms with E-state index in [1.54, 1.807) is 25.3 Å². The fourth-order valence-electron chi connectivity index (χ4n) is 3.14. The molecule has 1 aromatic heterocycles. The predicted molar refractivity (Wildman–Crippen MR) is 125 cm³/mol. The number of carbonyl (C=O) groups is 2. The molecule has 2 amide bonds. The van der Waals surface area contributed by atoms with Crippen molar-refractivity contribution in [1.29, 1.82) is 0 Å². The number of thiophene rings is 1. The number of rotatable bonds is 9. The van der Waals surface area contributed by atoms with Crippen molar-refractivity contribution in [2.24, 2.45) is 0 Å². The van der Waals surface area contributed by atoms with Gasteiger partial charge in [-0.05, 0) is 61.1 Å². The normalized spacial score (nSPS) is 11.1. The molecule has 1 heterocycles. The van der Waals surface area contributed by atoms with Gasteiger partial charge in [0.05, 0.1) is 7.11 Å². The van der Waals surface area contributed by atoms with Crippen molar-refractivity contribution in [2.45, 2.75) is 19.8 Å². The maximum atomic E-state index is 12.8. The van der Waals surface area contributed by atoms with Gasteiger partial charge in [0.25, 0.3) is 11.8 Å². The molecule has 6 heteroatoms. The summed E-state index contributed by atoms with van der Waals surface area (Å²) in [6.07, 6.45) is 3.24. The molecule has 2 N–H and O–H groups in total. The van der Waals surface area contributed by atoms with Gasteiger partial charge in [0, 0.05) is 17.0 Å². The van der Waals surface area contributed by atoms with Gasteiger partial charge >= 0.3 is 0 Å². The Balaban J connectivity index is 1.63. The first kappa shape index (κ1) is 22.3. The third-order valence-corrected chi connectivity index (χ3v) is 5.52. The monoisotopic (exact) mass is 434 g/mol. The first-order chi connectivity index (χ1) is 15.1. The number of methoxy groups -OCH3 is 1. The maximum absolute atomic E-state index is 12.8. The van der Waals surface area contributed by atoms with Gasteiger partial charge in [-0.2, -0.15) is 0 Å². The van der Waals surface area contributed by atoms with E-state index in [4.69, 9.17) is 4.74 Å². The highest BCUT2D eigenvalue weighted by atomic mass is 32.1. The average molecular weight is 435 g/mol. The molecule has 0 saturated heterocycles. The number of amides is 2. The van der Waals surface area contributed by atoms with Crippen molar-refractivity contribution in [3.8, 4) is 5.75 Å². The number of benzene rings is 2. The average Bonchev–Trinajstić information content (AvgIpc) is 3.29. The summed E-state index contributed by atoms with van der Waals surface area (Å²) in [5.41, 5.74) is 2.82. The lowest BCUT2D eigenvalue weighted by atomic mass is 10.1. The molecule has 0 bridgehead atoms. The van der Waals surface area contributed by atoms with E-state index in [2.05, 4.69) is 10.6 Å². The van der Waals surface area contributed by atoms with Gasteiger partial charge in [-0.15, -0.1) is 11.3 Å². The van der Waals surface area contributed by atoms with Crippen LogP contribution >= 0.6 is 11.3 Å². The molecule has 2 aromatic carbocycles. The second kappa shape index (κ2) is 11.1. The standard InChI is InChI=1S/C25H26N2O3S/c1-18-8-5-10-20(16-18)24(28)27-22(17-21-12-7-15-31-21)25(29)26-14-6-11-19-9-3-4-13-23(19)30-2/h3-5,7-10,12-13,15-17H,6,11,14H2,1-2H3,(H,26,29)(H,27,28)/b22-17-. The van der Waals surface area contributed by atoms with Crippen LogP contribution in [0.2, 0.25) is 0 Å². The van der Waals surface area contributed by atoms with Crippen LogP contribution in [-0.4, -0.2) is 25.5 Å². The van der Waals surface area contributed by atoms with Crippen LogP contribution < -0.4 is 15.4 Å². The molecule has 3 aromatic rings. The maximum Gasteiger partial charge on any atom is 0.267 e. The zero-order chi connectivity index (χ0) is 22.1. The highest BCUT2D eigenvalue weighted by Gasteiger charge is 2.15. The van der Waals surface area contributed by atoms with Crippen molar-refractivity contribution in [3.63, 3.8) is 0 Å². The van der Waals surface area contributed by atoms with Crippen LogP contribution in [0.15, 0.2) is 71.7 Å². The summed E-state index contributed by atoms with van der Waals surface area (Å²) < 4.78 is 5.37. The molecule has 0 aliphatic carbocycles. The molecule has 5 nitrogen and oxygen atoms in total. The molecule has 0 radical (unpaired) electrons. The number of hydrogen-bond acceptors (Lipinski definition) is 4. The molecule has 31 heavy (non-hydrogen) atoms. The Morgan fingerprint density at radius 1 is 1.06 bits per heavy atom. The van der Waals surface area contributed by atoms with Gasteiger partial charge < -0.3 is 15.4 Å². The molecule has 0 saturated carbocycles. The molecule has 0 aliphatic heterocycles. The van der Waals surface area contributed by atoms with E-state index in [1.807, 2.05) is 60.8 Å². The van der Waals surface area contributed by atoms with Gasteiger partial charge in [0.2, 0.25) is 0 Å². The molecular formula is C25H26N2O3S. The minimum absolute atomic E-state index is 0.228. The second-order valence-corrected chi connectivity index (χ2v) is 8.05. The van der Waals surface area contributed by atoms with Crippen LogP contribution in [0.1, 0.15) is 32.8 Å². The largest absolute Gasteiger partial charge is 0.496 e. The lowest BCUT2D eigenvalue weighted by Crippen LogP contribution is -2.35. The lowest BCUT2D eigenvalue weighted by Gasteiger charge is -2.12. The summed E-state index contributed by atoms with van der Waals surface area (Å²) in [5, 5.41) is 7.61. The quantitative estimate of drug-likeness (QED) is 0.382. The summed E-state index contributed by atoms with van der Waals surface area (Å²) in [6, 6.07) is 18.9. The van der Waals surface area contributed by atoms with Crippen molar-refractivity contribution < 1.29 is 14.3 Å². The Kier molecular flexibility index (Phi) is 8.01. The molecule has 3 rings (SSSR count). The minimum Gasteiger partial charge on any atom is -0.496 e. The zero-order valence-electron chi connectivity index (χ0n) is 17.7. The third kappa shape index (κ3) is 6.55. The first-order valence-corrected chi connectivity index (χ1v) is 11.0. The van der Waals surface area contributed by atoms with E-state index in [1.165, 1.54) is 11.3 Å². The van der Waals surface area contributed by atoms with Crippen molar-refractivity contribution in [2.75, 3.05) is 13.7 Å². The zero-order valence-corrected chi connectivity index (χ0v) is 18.5. The Morgan fingerprint density at radius 3 is 2.65 bits per heavy atom. The van der Waals surface area contributed by atoms with Crippen LogP contribution in [0, 0.1) is 6.92 Å². The summed E-state index contributed by atoms with van der Waals surface area (Å²) in [7, 11) is 1.65. The smallest absolute Gasteiger partial charge is 0.267 e. The third-order valence-electron chi connectivity index (χ3n) is 4.70. The fraction of sp³-hybridized carbons (Fsp3) is 0.200. The van der Waals surface area contributed by atoms with E-state index in [0.29, 0.717) is 12.1 Å². The van der Waals surface area contributed by atoms with E-state index >= 15 is 0 Å². The Hall–Kier alpha value is -3.38. The predicted octanol–water partition coefficient (Wildman–Crippen LogP) is 4.59. The number of aryl methyl sites for hydroxylation is 2. The van der Waals surface area contributed by atoms with E-state index < -0.39 is 0 Å². The summed E-state index contributed by atoms with van der Waals surface area (Å²) in [4.78, 5) is 26.4. The van der Waals surface area contributed by atoms with Crippen molar-refractivity contribution >= 4 is 29.2 Å². The number of nitrogens with one attached hydrogen (secondary N) is 2. The molecule has 0 fully saturated rings. The van der Waals surface area contributed by atoms with Gasteiger partial charge in [-0.25, -0.2) is 0 Å². The second-order valence-electron chi connectivity index (χ2n) is 7.07. The number of carbonyl (C=O) groups excluding carboxylic acids is 2. The molecule has 0 spiro atoms. The van der Waals surface area contributed by atoms with Crippen LogP contribution in [0.5, 0.6) is 5.75 Å². The highest BCUT2D eigenvalue weighted by Crippen LogP contribution is 2.18. The van der Waals surface area contributed by atoms with E-state index in [0.717, 1.165) is 34.6 Å². The molecule has 160 valence electrons. The summed E-state index contributed by atoms with van der Waals surface area (Å²) >= 11 is 1.50. The summed E-state index contributed by atoms with van der Waals surface area (Å²) in [5.74, 6) is 0.225. The topological polar surface area (TPSA) is 67.4 Å². The molecular weight excluding hydrogens is 408 g/mol. The van der Waals surface area contributed by atoms with Crippen LogP contribution in [0.3, 0.4) is 0 Å². The molecule has 0 aliphatic rings. The lowest BCUT2D eigenvalue weighted by molar-refractivity contribution is -0.117. The van der Waals surface area contributed by atoms with Crippen LogP contribution in [0.4, 0.5) is 0 Å². The number of para-hydroxylation sites is 1. The SMILES string of the molecule is COc1ccccc1CCCNC(=O)/C(=C/c1cccs1)NC(=O)c1cccc(C)c1. The first-order valence-electron chi connectivity index (χ1n) is 10.1. The Bertz CT molecular complexity index is 1060. The highest BCUT2D eigenvalue weighted by molar-refractivity contribution is 7.10. The van der Waals surface area contributed by atoms with Crippen molar-refractivity contribution in [3.05, 3.63) is 93.3 Å². The number of hydrogen-bond donors (Lipinski definition) is 2. The fourth-order valence-corrected chi connectivity index (χ4v) is 3.80. The number of ether oxygens (including phenoxy) is 1. The molecule has 0 atom stereocenters. The summed E-state index contributed by atoms with van der Waals surface area (Å²) in [6.45, 7) is 2.41. The van der Waals surface area contributed by atoms with E-state index in [-0.39, 0.29) is 17.5 Å². The van der Waals surface area contributed by atoms with Crippen LogP contribution in [-0.2, 0) is 11.2 Å². The van der Waals surface area contributed by atoms with Crippen molar-refractivity contribution in [1.82, 2.24) is 10.6 Å². The van der Waals surface area contributed by atoms with Gasteiger partial charge in [0.1, 0.15) is 11.4 Å². The van der Waals surface area contributed by atoms with E-state index in [9.17, 15) is 9.59 Å². The van der Waals surface area contributed by atoms with Gasteiger partial charge in [-0.3, -0.25) is 9.59 Å². The van der Waals surface area contributed by atoms with Gasteiger partial charge in [-0.1, -0.05) is 42.0 Å². The van der Waals surface area contributed by atoms with Crippen LogP contribution in [0.25, 0.3) is 6.08 Å². The van der Waals surface area contributed by atoms with Gasteiger partial charge in [0.15, 0.2) is 0 Å². The Labute approximate surface area is 186 Å². The minimum atomic E-state index is -0.311.